The lowest BCUT2D eigenvalue weighted by Crippen LogP contribution is -2.44. The van der Waals surface area contributed by atoms with Gasteiger partial charge in [0, 0.05) is 31.9 Å². The van der Waals surface area contributed by atoms with Crippen molar-refractivity contribution in [2.45, 2.75) is 13.0 Å². The molecule has 22 heavy (non-hydrogen) atoms. The van der Waals surface area contributed by atoms with Crippen LogP contribution in [-0.2, 0) is 0 Å². The Kier molecular flexibility index (Phi) is 4.41. The maximum atomic E-state index is 6.40. The second-order valence-corrected chi connectivity index (χ2v) is 6.02. The van der Waals surface area contributed by atoms with Gasteiger partial charge in [0.2, 0.25) is 0 Å². The maximum Gasteiger partial charge on any atom is 0.128 e. The summed E-state index contributed by atoms with van der Waals surface area (Å²) in [6.07, 6.45) is 0. The smallest absolute Gasteiger partial charge is 0.128 e. The monoisotopic (exact) mass is 296 g/mol. The summed E-state index contributed by atoms with van der Waals surface area (Å²) in [7, 11) is 2.16. The van der Waals surface area contributed by atoms with Crippen LogP contribution in [0.2, 0.25) is 0 Å². The summed E-state index contributed by atoms with van der Waals surface area (Å²) in [6, 6.07) is 14.3. The lowest BCUT2D eigenvalue weighted by atomic mass is 9.98. The highest BCUT2D eigenvalue weighted by atomic mass is 15.3. The first-order chi connectivity index (χ1) is 10.6. The van der Waals surface area contributed by atoms with Crippen molar-refractivity contribution in [2.75, 3.05) is 38.1 Å². The molecule has 1 fully saturated rings. The van der Waals surface area contributed by atoms with Crippen LogP contribution in [0.5, 0.6) is 0 Å². The molecule has 116 valence electrons. The van der Waals surface area contributed by atoms with Crippen LogP contribution in [0.4, 0.5) is 5.82 Å². The molecule has 1 atom stereocenters. The summed E-state index contributed by atoms with van der Waals surface area (Å²) >= 11 is 0. The van der Waals surface area contributed by atoms with Gasteiger partial charge in [-0.2, -0.15) is 0 Å². The molecule has 0 amide bonds. The minimum absolute atomic E-state index is 0.116. The van der Waals surface area contributed by atoms with E-state index in [4.69, 9.17) is 10.7 Å². The maximum absolute atomic E-state index is 6.40. The van der Waals surface area contributed by atoms with Crippen molar-refractivity contribution in [3.05, 3.63) is 59.3 Å². The minimum Gasteiger partial charge on any atom is -0.354 e. The molecule has 3 rings (SSSR count). The Morgan fingerprint density at radius 2 is 1.68 bits per heavy atom. The lowest BCUT2D eigenvalue weighted by molar-refractivity contribution is 0.312. The first kappa shape index (κ1) is 15.0. The molecule has 4 nitrogen and oxygen atoms in total. The van der Waals surface area contributed by atoms with E-state index in [1.54, 1.807) is 0 Å². The highest BCUT2D eigenvalue weighted by molar-refractivity contribution is 5.44. The summed E-state index contributed by atoms with van der Waals surface area (Å²) in [5.41, 5.74) is 9.65. The summed E-state index contributed by atoms with van der Waals surface area (Å²) < 4.78 is 0. The van der Waals surface area contributed by atoms with E-state index in [9.17, 15) is 0 Å². The van der Waals surface area contributed by atoms with Gasteiger partial charge in [-0.3, -0.25) is 0 Å². The molecule has 1 saturated heterocycles. The highest BCUT2D eigenvalue weighted by Gasteiger charge is 2.17. The van der Waals surface area contributed by atoms with Crippen molar-refractivity contribution in [3.8, 4) is 0 Å². The van der Waals surface area contributed by atoms with Gasteiger partial charge in [0.05, 0.1) is 6.04 Å². The van der Waals surface area contributed by atoms with Gasteiger partial charge in [-0.1, -0.05) is 36.4 Å². The van der Waals surface area contributed by atoms with E-state index in [2.05, 4.69) is 48.0 Å². The number of anilines is 1. The molecule has 0 aliphatic carbocycles. The number of nitrogens with zero attached hydrogens (tertiary/aromatic N) is 3. The van der Waals surface area contributed by atoms with E-state index >= 15 is 0 Å². The number of hydrogen-bond donors (Lipinski definition) is 1. The zero-order valence-electron chi connectivity index (χ0n) is 13.4. The standard InChI is InChI=1S/C18H24N4/c1-14-16(18(19)15-6-4-3-5-7-15)8-9-17(20-14)22-12-10-21(2)11-13-22/h3-9,18H,10-13,19H2,1-2H3. The largest absolute Gasteiger partial charge is 0.354 e. The molecule has 2 N–H and O–H groups in total. The third-order valence-electron chi connectivity index (χ3n) is 4.43. The molecule has 4 heteroatoms. The van der Waals surface area contributed by atoms with Gasteiger partial charge in [-0.05, 0) is 31.2 Å². The normalized spacial score (nSPS) is 17.5. The van der Waals surface area contributed by atoms with Crippen LogP contribution < -0.4 is 10.6 Å². The Balaban J connectivity index is 1.80. The predicted molar refractivity (Wildman–Crippen MR) is 91.2 cm³/mol. The number of piperazine rings is 1. The Morgan fingerprint density at radius 3 is 2.32 bits per heavy atom. The van der Waals surface area contributed by atoms with Gasteiger partial charge in [-0.15, -0.1) is 0 Å². The fraction of sp³-hybridized carbons (Fsp3) is 0.389. The van der Waals surface area contributed by atoms with Gasteiger partial charge >= 0.3 is 0 Å². The second kappa shape index (κ2) is 6.46. The summed E-state index contributed by atoms with van der Waals surface area (Å²) in [5.74, 6) is 1.06. The van der Waals surface area contributed by atoms with Crippen LogP contribution in [0.25, 0.3) is 0 Å². The Morgan fingerprint density at radius 1 is 1.00 bits per heavy atom. The summed E-state index contributed by atoms with van der Waals surface area (Å²) in [6.45, 7) is 6.30. The molecule has 1 aromatic carbocycles. The number of rotatable bonds is 3. The van der Waals surface area contributed by atoms with E-state index in [-0.39, 0.29) is 6.04 Å². The fourth-order valence-corrected chi connectivity index (χ4v) is 2.94. The van der Waals surface area contributed by atoms with Gasteiger partial charge in [-0.25, -0.2) is 4.98 Å². The molecule has 1 aliphatic rings. The van der Waals surface area contributed by atoms with Gasteiger partial charge in [0.15, 0.2) is 0 Å². The SMILES string of the molecule is Cc1nc(N2CCN(C)CC2)ccc1C(N)c1ccccc1. The quantitative estimate of drug-likeness (QED) is 0.943. The Labute approximate surface area is 132 Å². The second-order valence-electron chi connectivity index (χ2n) is 6.02. The van der Waals surface area contributed by atoms with Crippen LogP contribution >= 0.6 is 0 Å². The predicted octanol–water partition coefficient (Wildman–Crippen LogP) is 2.19. The topological polar surface area (TPSA) is 45.4 Å². The van der Waals surface area contributed by atoms with Crippen molar-refractivity contribution in [2.24, 2.45) is 5.73 Å². The van der Waals surface area contributed by atoms with Crippen molar-refractivity contribution in [3.63, 3.8) is 0 Å². The molecular weight excluding hydrogens is 272 g/mol. The fourth-order valence-electron chi connectivity index (χ4n) is 2.94. The molecule has 0 spiro atoms. The highest BCUT2D eigenvalue weighted by Crippen LogP contribution is 2.24. The Hall–Kier alpha value is -1.91. The molecule has 0 bridgehead atoms. The lowest BCUT2D eigenvalue weighted by Gasteiger charge is -2.33. The van der Waals surface area contributed by atoms with E-state index in [1.807, 2.05) is 18.2 Å². The van der Waals surface area contributed by atoms with Crippen LogP contribution in [0.3, 0.4) is 0 Å². The van der Waals surface area contributed by atoms with E-state index in [0.717, 1.165) is 48.8 Å². The molecule has 0 saturated carbocycles. The molecule has 1 aliphatic heterocycles. The number of aryl methyl sites for hydroxylation is 1. The van der Waals surface area contributed by atoms with E-state index in [0.29, 0.717) is 0 Å². The van der Waals surface area contributed by atoms with Crippen LogP contribution in [0, 0.1) is 6.92 Å². The number of likely N-dealkylation sites (N-methyl/N-ethyl adjacent to an activating group) is 1. The van der Waals surface area contributed by atoms with Gasteiger partial charge < -0.3 is 15.5 Å². The minimum atomic E-state index is -0.116. The zero-order chi connectivity index (χ0) is 15.5. The number of benzene rings is 1. The van der Waals surface area contributed by atoms with Crippen LogP contribution in [-0.4, -0.2) is 43.1 Å². The summed E-state index contributed by atoms with van der Waals surface area (Å²) in [4.78, 5) is 9.50. The van der Waals surface area contributed by atoms with Crippen molar-refractivity contribution < 1.29 is 0 Å². The third kappa shape index (κ3) is 3.13. The van der Waals surface area contributed by atoms with Crippen molar-refractivity contribution in [1.29, 1.82) is 0 Å². The number of aromatic nitrogens is 1. The van der Waals surface area contributed by atoms with Crippen molar-refractivity contribution in [1.82, 2.24) is 9.88 Å². The molecule has 2 heterocycles. The first-order valence-electron chi connectivity index (χ1n) is 7.86. The van der Waals surface area contributed by atoms with Crippen LogP contribution in [0.1, 0.15) is 22.9 Å². The van der Waals surface area contributed by atoms with Gasteiger partial charge in [0.25, 0.3) is 0 Å². The zero-order valence-corrected chi connectivity index (χ0v) is 13.4. The average molecular weight is 296 g/mol. The first-order valence-corrected chi connectivity index (χ1v) is 7.86. The van der Waals surface area contributed by atoms with Crippen LogP contribution in [0.15, 0.2) is 42.5 Å². The van der Waals surface area contributed by atoms with Crippen molar-refractivity contribution >= 4 is 5.82 Å². The summed E-state index contributed by atoms with van der Waals surface area (Å²) in [5, 5.41) is 0. The number of hydrogen-bond acceptors (Lipinski definition) is 4. The van der Waals surface area contributed by atoms with E-state index in [1.165, 1.54) is 0 Å². The third-order valence-corrected chi connectivity index (χ3v) is 4.43. The number of nitrogens with two attached hydrogens (primary N) is 1. The molecular formula is C18H24N4. The average Bonchev–Trinajstić information content (AvgIpc) is 2.56. The molecule has 1 aromatic heterocycles. The van der Waals surface area contributed by atoms with Gasteiger partial charge in [0.1, 0.15) is 5.82 Å². The Bertz CT molecular complexity index is 618. The van der Waals surface area contributed by atoms with E-state index < -0.39 is 0 Å². The molecule has 0 radical (unpaired) electrons. The molecule has 1 unspecified atom stereocenters. The molecule has 2 aromatic rings. The number of pyridine rings is 1.